The van der Waals surface area contributed by atoms with Crippen LogP contribution in [-0.2, 0) is 19.0 Å². The highest BCUT2D eigenvalue weighted by atomic mass is 32.2. The molecule has 0 aliphatic heterocycles. The second-order valence-electron chi connectivity index (χ2n) is 9.06. The number of hydrogen-bond acceptors (Lipinski definition) is 5. The van der Waals surface area contributed by atoms with E-state index in [1.165, 1.54) is 12.1 Å². The quantitative estimate of drug-likeness (QED) is 0.341. The minimum Gasteiger partial charge on any atom is -0.450 e. The number of carbonyl (C=O) groups excluding carboxylic acids is 1. The van der Waals surface area contributed by atoms with Gasteiger partial charge in [0.2, 0.25) is 9.84 Å². The highest BCUT2D eigenvalue weighted by Gasteiger charge is 2.48. The first-order valence-electron chi connectivity index (χ1n) is 10.4. The van der Waals surface area contributed by atoms with Crippen LogP contribution in [0.4, 0.5) is 13.6 Å². The van der Waals surface area contributed by atoms with E-state index in [1.807, 2.05) is 40.8 Å². The van der Waals surface area contributed by atoms with Crippen molar-refractivity contribution in [2.45, 2.75) is 81.3 Å². The Balaban J connectivity index is 3.05. The number of amides is 1. The van der Waals surface area contributed by atoms with E-state index in [0.717, 1.165) is 18.6 Å². The molecule has 6 nitrogen and oxygen atoms in total. The summed E-state index contributed by atoms with van der Waals surface area (Å²) in [6.07, 6.45) is -0.553. The van der Waals surface area contributed by atoms with Gasteiger partial charge in [0.25, 0.3) is 0 Å². The summed E-state index contributed by atoms with van der Waals surface area (Å²) in [4.78, 5) is 11.6. The van der Waals surface area contributed by atoms with Crippen LogP contribution in [0.1, 0.15) is 47.0 Å². The maximum atomic E-state index is 14.9. The Kier molecular flexibility index (Phi) is 9.64. The predicted molar refractivity (Wildman–Crippen MR) is 120 cm³/mol. The van der Waals surface area contributed by atoms with Crippen molar-refractivity contribution < 1.29 is 31.2 Å². The van der Waals surface area contributed by atoms with Gasteiger partial charge in [0, 0.05) is 6.42 Å². The molecule has 1 N–H and O–H groups in total. The Labute approximate surface area is 185 Å². The van der Waals surface area contributed by atoms with Gasteiger partial charge in [0.1, 0.15) is 0 Å². The lowest BCUT2D eigenvalue weighted by molar-refractivity contribution is 0.0573. The zero-order valence-electron chi connectivity index (χ0n) is 19.2. The van der Waals surface area contributed by atoms with Gasteiger partial charge in [-0.3, -0.25) is 0 Å². The molecule has 0 spiro atoms. The van der Waals surface area contributed by atoms with Crippen LogP contribution in [-0.4, -0.2) is 47.3 Å². The molecule has 0 radical (unpaired) electrons. The van der Waals surface area contributed by atoms with Gasteiger partial charge in [0.15, 0.2) is 8.32 Å². The number of hydrogen-bond donors (Lipinski definition) is 1. The summed E-state index contributed by atoms with van der Waals surface area (Å²) in [6.45, 7) is 11.7. The van der Waals surface area contributed by atoms with Crippen LogP contribution in [0.3, 0.4) is 0 Å². The van der Waals surface area contributed by atoms with Crippen molar-refractivity contribution in [3.8, 4) is 0 Å². The van der Waals surface area contributed by atoms with Crippen molar-refractivity contribution >= 4 is 24.2 Å². The third-order valence-electron chi connectivity index (χ3n) is 5.44. The Hall–Kier alpha value is -1.52. The van der Waals surface area contributed by atoms with E-state index in [0.29, 0.717) is 6.42 Å². The summed E-state index contributed by atoms with van der Waals surface area (Å²) in [6, 6.07) is 5.31. The van der Waals surface area contributed by atoms with Crippen LogP contribution < -0.4 is 5.32 Å². The van der Waals surface area contributed by atoms with E-state index in [1.54, 1.807) is 6.07 Å². The summed E-state index contributed by atoms with van der Waals surface area (Å²) >= 11 is 0. The van der Waals surface area contributed by atoms with Gasteiger partial charge < -0.3 is 14.5 Å². The summed E-state index contributed by atoms with van der Waals surface area (Å²) in [5.41, 5.74) is 0. The van der Waals surface area contributed by atoms with E-state index < -0.39 is 46.9 Å². The highest BCUT2D eigenvalue weighted by molar-refractivity contribution is 7.92. The van der Waals surface area contributed by atoms with Gasteiger partial charge in [-0.25, -0.2) is 13.2 Å². The number of sulfone groups is 1. The fourth-order valence-corrected chi connectivity index (χ4v) is 4.69. The summed E-state index contributed by atoms with van der Waals surface area (Å²) in [5.74, 6) is 0. The average molecular weight is 480 g/mol. The minimum absolute atomic E-state index is 0.150. The average Bonchev–Trinajstić information content (AvgIpc) is 2.66. The molecule has 1 aromatic rings. The Morgan fingerprint density at radius 1 is 1.16 bits per heavy atom. The van der Waals surface area contributed by atoms with Crippen LogP contribution in [0.5, 0.6) is 0 Å². The lowest BCUT2D eigenvalue weighted by atomic mass is 10.2. The number of halogens is 2. The maximum Gasteiger partial charge on any atom is 0.407 e. The maximum absolute atomic E-state index is 14.9. The van der Waals surface area contributed by atoms with E-state index in [-0.39, 0.29) is 18.3 Å². The molecule has 0 aliphatic rings. The van der Waals surface area contributed by atoms with Crippen LogP contribution in [0, 0.1) is 0 Å². The molecule has 1 aromatic carbocycles. The molecular weight excluding hydrogens is 444 g/mol. The Morgan fingerprint density at radius 2 is 1.74 bits per heavy atom. The van der Waals surface area contributed by atoms with Gasteiger partial charge in [0.05, 0.1) is 24.2 Å². The molecule has 0 aromatic heterocycles. The number of rotatable bonds is 11. The second-order valence-corrected chi connectivity index (χ2v) is 15.9. The number of alkyl carbamates (subject to hydrolysis) is 1. The molecule has 31 heavy (non-hydrogen) atoms. The van der Waals surface area contributed by atoms with Crippen molar-refractivity contribution in [2.24, 2.45) is 0 Å². The lowest BCUT2D eigenvalue weighted by Crippen LogP contribution is -2.49. The van der Waals surface area contributed by atoms with Gasteiger partial charge in [-0.05, 0) is 36.7 Å². The zero-order valence-corrected chi connectivity index (χ0v) is 21.0. The first-order chi connectivity index (χ1) is 14.1. The smallest absolute Gasteiger partial charge is 0.407 e. The first-order valence-corrected chi connectivity index (χ1v) is 14.8. The fourth-order valence-electron chi connectivity index (χ4n) is 2.36. The summed E-state index contributed by atoms with van der Waals surface area (Å²) in [7, 11) is -7.26. The molecule has 1 rings (SSSR count). The second kappa shape index (κ2) is 10.9. The number of nitrogens with one attached hydrogen (secondary N) is 1. The summed E-state index contributed by atoms with van der Waals surface area (Å²) < 4.78 is 65.9. The van der Waals surface area contributed by atoms with E-state index in [2.05, 4.69) is 5.32 Å². The molecular formula is C21H35F2NO5SSi. The highest BCUT2D eigenvalue weighted by Crippen LogP contribution is 2.37. The van der Waals surface area contributed by atoms with E-state index >= 15 is 0 Å². The molecule has 0 saturated heterocycles. The normalized spacial score (nSPS) is 14.2. The number of alkyl halides is 2. The van der Waals surface area contributed by atoms with Crippen molar-refractivity contribution in [3.05, 3.63) is 30.3 Å². The van der Waals surface area contributed by atoms with Crippen molar-refractivity contribution in [1.82, 2.24) is 5.32 Å². The van der Waals surface area contributed by atoms with Gasteiger partial charge in [-0.15, -0.1) is 0 Å². The standard InChI is InChI=1S/C21H35F2NO5SSi/c1-7-8-14-28-19(25)24-17(16-29-31(5,6)20(2,3)4)15-21(22,23)30(26,27)18-12-10-9-11-13-18/h9-13,17H,7-8,14-16H2,1-6H3,(H,24,25)/t17-/m0/s1. The largest absolute Gasteiger partial charge is 0.450 e. The molecule has 0 bridgehead atoms. The SMILES string of the molecule is CCCCOC(=O)N[C@H](CO[Si](C)(C)C(C)(C)C)CC(F)(F)S(=O)(=O)c1ccccc1. The van der Waals surface area contributed by atoms with Gasteiger partial charge >= 0.3 is 11.3 Å². The monoisotopic (exact) mass is 479 g/mol. The molecule has 1 atom stereocenters. The minimum atomic E-state index is -4.94. The van der Waals surface area contributed by atoms with Gasteiger partial charge in [-0.1, -0.05) is 52.3 Å². The first kappa shape index (κ1) is 27.5. The topological polar surface area (TPSA) is 81.7 Å². The Bertz CT molecular complexity index is 811. The molecule has 0 aliphatic carbocycles. The third kappa shape index (κ3) is 7.84. The number of benzene rings is 1. The van der Waals surface area contributed by atoms with Crippen LogP contribution in [0.25, 0.3) is 0 Å². The van der Waals surface area contributed by atoms with E-state index in [4.69, 9.17) is 9.16 Å². The molecule has 0 unspecified atom stereocenters. The predicted octanol–water partition coefficient (Wildman–Crippen LogP) is 5.36. The fraction of sp³-hybridized carbons (Fsp3) is 0.667. The third-order valence-corrected chi connectivity index (χ3v) is 11.8. The van der Waals surface area contributed by atoms with Crippen LogP contribution >= 0.6 is 0 Å². The van der Waals surface area contributed by atoms with Crippen molar-refractivity contribution in [2.75, 3.05) is 13.2 Å². The molecule has 10 heteroatoms. The Morgan fingerprint density at radius 3 is 2.26 bits per heavy atom. The van der Waals surface area contributed by atoms with Crippen molar-refractivity contribution in [3.63, 3.8) is 0 Å². The molecule has 178 valence electrons. The summed E-state index contributed by atoms with van der Waals surface area (Å²) in [5, 5.41) is -1.92. The van der Waals surface area contributed by atoms with Crippen LogP contribution in [0.2, 0.25) is 18.1 Å². The lowest BCUT2D eigenvalue weighted by Gasteiger charge is -2.37. The van der Waals surface area contributed by atoms with Crippen LogP contribution in [0.15, 0.2) is 35.2 Å². The molecule has 0 heterocycles. The van der Waals surface area contributed by atoms with Gasteiger partial charge in [-0.2, -0.15) is 8.78 Å². The zero-order chi connectivity index (χ0) is 23.9. The molecule has 1 amide bonds. The van der Waals surface area contributed by atoms with E-state index in [9.17, 15) is 22.0 Å². The number of carbonyl (C=O) groups is 1. The number of unbranched alkanes of at least 4 members (excludes halogenated alkanes) is 1. The molecule has 0 saturated carbocycles. The van der Waals surface area contributed by atoms with Crippen molar-refractivity contribution in [1.29, 1.82) is 0 Å². The molecule has 0 fully saturated rings. The number of ether oxygens (including phenoxy) is 1.